The summed E-state index contributed by atoms with van der Waals surface area (Å²) in [4.78, 5) is 15.3. The van der Waals surface area contributed by atoms with Gasteiger partial charge in [-0.3, -0.25) is 4.79 Å². The molecule has 17 heavy (non-hydrogen) atoms. The minimum Gasteiger partial charge on any atom is -0.481 e. The molecule has 0 spiro atoms. The van der Waals surface area contributed by atoms with Gasteiger partial charge in [-0.1, -0.05) is 0 Å². The Morgan fingerprint density at radius 2 is 2.35 bits per heavy atom. The molecular formula is C12H12N2O2S. The fourth-order valence-corrected chi connectivity index (χ4v) is 2.69. The smallest absolute Gasteiger partial charge is 0.311 e. The number of carboxylic acids is 1. The fraction of sp³-hybridized carbons (Fsp3) is 0.333. The molecule has 0 saturated heterocycles. The normalized spacial score (nSPS) is 16.9. The van der Waals surface area contributed by atoms with E-state index in [0.29, 0.717) is 6.54 Å². The van der Waals surface area contributed by atoms with Crippen molar-refractivity contribution < 1.29 is 9.90 Å². The predicted octanol–water partition coefficient (Wildman–Crippen LogP) is 2.57. The SMILES string of the molecule is O=C(O)C1(CNc2nccc3sccc23)CC1. The predicted molar refractivity (Wildman–Crippen MR) is 67.4 cm³/mol. The Morgan fingerprint density at radius 3 is 3.06 bits per heavy atom. The monoisotopic (exact) mass is 248 g/mol. The van der Waals surface area contributed by atoms with Crippen molar-refractivity contribution in [1.82, 2.24) is 4.98 Å². The van der Waals surface area contributed by atoms with Crippen molar-refractivity contribution in [3.05, 3.63) is 23.7 Å². The highest BCUT2D eigenvalue weighted by molar-refractivity contribution is 7.17. The van der Waals surface area contributed by atoms with E-state index in [1.807, 2.05) is 17.5 Å². The van der Waals surface area contributed by atoms with Gasteiger partial charge in [0.25, 0.3) is 0 Å². The number of aromatic nitrogens is 1. The second-order valence-electron chi connectivity index (χ2n) is 4.43. The zero-order chi connectivity index (χ0) is 11.9. The number of carbonyl (C=O) groups is 1. The van der Waals surface area contributed by atoms with Crippen molar-refractivity contribution in [2.45, 2.75) is 12.8 Å². The molecule has 5 heteroatoms. The van der Waals surface area contributed by atoms with Gasteiger partial charge in [0.1, 0.15) is 5.82 Å². The molecule has 2 aromatic rings. The molecule has 0 aromatic carbocycles. The molecule has 4 nitrogen and oxygen atoms in total. The average molecular weight is 248 g/mol. The quantitative estimate of drug-likeness (QED) is 0.873. The van der Waals surface area contributed by atoms with E-state index in [9.17, 15) is 4.79 Å². The van der Waals surface area contributed by atoms with Crippen LogP contribution in [0.4, 0.5) is 5.82 Å². The van der Waals surface area contributed by atoms with Crippen molar-refractivity contribution in [1.29, 1.82) is 0 Å². The molecule has 1 aliphatic rings. The number of aliphatic carboxylic acids is 1. The second-order valence-corrected chi connectivity index (χ2v) is 5.38. The number of hydrogen-bond acceptors (Lipinski definition) is 4. The molecule has 2 heterocycles. The Labute approximate surface area is 102 Å². The number of nitrogens with zero attached hydrogens (tertiary/aromatic N) is 1. The second kappa shape index (κ2) is 3.70. The largest absolute Gasteiger partial charge is 0.481 e. The first-order valence-electron chi connectivity index (χ1n) is 5.51. The van der Waals surface area contributed by atoms with E-state index in [1.54, 1.807) is 17.5 Å². The molecule has 2 aromatic heterocycles. The molecule has 1 aliphatic carbocycles. The van der Waals surface area contributed by atoms with Crippen molar-refractivity contribution >= 4 is 33.2 Å². The van der Waals surface area contributed by atoms with Gasteiger partial charge in [-0.15, -0.1) is 11.3 Å². The summed E-state index contributed by atoms with van der Waals surface area (Å²) in [6, 6.07) is 3.98. The molecule has 0 atom stereocenters. The van der Waals surface area contributed by atoms with Crippen molar-refractivity contribution in [3.63, 3.8) is 0 Å². The van der Waals surface area contributed by atoms with Crippen LogP contribution in [0.1, 0.15) is 12.8 Å². The van der Waals surface area contributed by atoms with Gasteiger partial charge in [0.15, 0.2) is 0 Å². The molecule has 0 radical (unpaired) electrons. The highest BCUT2D eigenvalue weighted by Crippen LogP contribution is 2.46. The lowest BCUT2D eigenvalue weighted by molar-refractivity contribution is -0.142. The molecule has 1 saturated carbocycles. The minimum absolute atomic E-state index is 0.463. The van der Waals surface area contributed by atoms with Crippen LogP contribution in [0.25, 0.3) is 10.1 Å². The highest BCUT2D eigenvalue weighted by Gasteiger charge is 2.50. The van der Waals surface area contributed by atoms with Crippen LogP contribution in [0.3, 0.4) is 0 Å². The van der Waals surface area contributed by atoms with Gasteiger partial charge in [-0.25, -0.2) is 4.98 Å². The van der Waals surface area contributed by atoms with E-state index in [1.165, 1.54) is 4.70 Å². The van der Waals surface area contributed by atoms with Gasteiger partial charge in [0.05, 0.1) is 5.41 Å². The molecule has 0 aliphatic heterocycles. The first kappa shape index (κ1) is 10.5. The standard InChI is InChI=1S/C12H12N2O2S/c15-11(16)12(3-4-12)7-14-10-8-2-6-17-9(8)1-5-13-10/h1-2,5-6H,3-4,7H2,(H,13,14)(H,15,16). The van der Waals surface area contributed by atoms with E-state index in [4.69, 9.17) is 5.11 Å². The van der Waals surface area contributed by atoms with Gasteiger partial charge >= 0.3 is 5.97 Å². The summed E-state index contributed by atoms with van der Waals surface area (Å²) < 4.78 is 1.17. The molecule has 0 amide bonds. The number of nitrogens with one attached hydrogen (secondary N) is 1. The lowest BCUT2D eigenvalue weighted by Crippen LogP contribution is -2.24. The zero-order valence-corrected chi connectivity index (χ0v) is 9.96. The summed E-state index contributed by atoms with van der Waals surface area (Å²) >= 11 is 1.66. The number of carboxylic acid groups (broad SMARTS) is 1. The van der Waals surface area contributed by atoms with Gasteiger partial charge in [-0.2, -0.15) is 0 Å². The maximum absolute atomic E-state index is 11.1. The molecule has 1 fully saturated rings. The van der Waals surface area contributed by atoms with E-state index >= 15 is 0 Å². The van der Waals surface area contributed by atoms with Crippen LogP contribution in [0.15, 0.2) is 23.7 Å². The van der Waals surface area contributed by atoms with Crippen LogP contribution < -0.4 is 5.32 Å². The molecule has 0 unspecified atom stereocenters. The van der Waals surface area contributed by atoms with Crippen LogP contribution in [-0.2, 0) is 4.79 Å². The molecule has 88 valence electrons. The maximum atomic E-state index is 11.1. The third kappa shape index (κ3) is 1.76. The Bertz CT molecular complexity index is 575. The van der Waals surface area contributed by atoms with Gasteiger partial charge in [0.2, 0.25) is 0 Å². The summed E-state index contributed by atoms with van der Waals surface area (Å²) in [5, 5.41) is 15.4. The number of rotatable bonds is 4. The Balaban J connectivity index is 1.81. The average Bonchev–Trinajstić information content (AvgIpc) is 2.96. The third-order valence-corrected chi connectivity index (χ3v) is 4.16. The van der Waals surface area contributed by atoms with Crippen LogP contribution in [-0.4, -0.2) is 22.6 Å². The first-order valence-corrected chi connectivity index (χ1v) is 6.39. The number of hydrogen-bond donors (Lipinski definition) is 2. The van der Waals surface area contributed by atoms with Gasteiger partial charge in [0, 0.05) is 22.8 Å². The maximum Gasteiger partial charge on any atom is 0.311 e. The van der Waals surface area contributed by atoms with Crippen LogP contribution >= 0.6 is 11.3 Å². The van der Waals surface area contributed by atoms with Crippen LogP contribution in [0.5, 0.6) is 0 Å². The van der Waals surface area contributed by atoms with Gasteiger partial charge < -0.3 is 10.4 Å². The zero-order valence-electron chi connectivity index (χ0n) is 9.14. The molecule has 2 N–H and O–H groups in total. The van der Waals surface area contributed by atoms with E-state index in [0.717, 1.165) is 24.0 Å². The lowest BCUT2D eigenvalue weighted by atomic mass is 10.1. The molecule has 3 rings (SSSR count). The van der Waals surface area contributed by atoms with Crippen molar-refractivity contribution in [3.8, 4) is 0 Å². The summed E-state index contributed by atoms with van der Waals surface area (Å²) in [5.41, 5.74) is -0.556. The van der Waals surface area contributed by atoms with E-state index in [2.05, 4.69) is 10.3 Å². The number of anilines is 1. The fourth-order valence-electron chi connectivity index (χ4n) is 1.91. The Kier molecular flexibility index (Phi) is 2.29. The summed E-state index contributed by atoms with van der Waals surface area (Å²) in [6.07, 6.45) is 3.27. The van der Waals surface area contributed by atoms with Crippen LogP contribution in [0.2, 0.25) is 0 Å². The topological polar surface area (TPSA) is 62.2 Å². The summed E-state index contributed by atoms with van der Waals surface area (Å²) in [5.74, 6) is 0.0822. The van der Waals surface area contributed by atoms with Gasteiger partial charge in [-0.05, 0) is 30.4 Å². The lowest BCUT2D eigenvalue weighted by Gasteiger charge is -2.12. The molecular weight excluding hydrogens is 236 g/mol. The summed E-state index contributed by atoms with van der Waals surface area (Å²) in [6.45, 7) is 0.463. The van der Waals surface area contributed by atoms with Crippen LogP contribution in [0, 0.1) is 5.41 Å². The number of pyridine rings is 1. The summed E-state index contributed by atoms with van der Waals surface area (Å²) in [7, 11) is 0. The Hall–Kier alpha value is -1.62. The third-order valence-electron chi connectivity index (χ3n) is 3.28. The minimum atomic E-state index is -0.706. The van der Waals surface area contributed by atoms with Crippen molar-refractivity contribution in [2.24, 2.45) is 5.41 Å². The molecule has 0 bridgehead atoms. The number of fused-ring (bicyclic) bond motifs is 1. The Morgan fingerprint density at radius 1 is 1.53 bits per heavy atom. The van der Waals surface area contributed by atoms with Crippen molar-refractivity contribution in [2.75, 3.05) is 11.9 Å². The van der Waals surface area contributed by atoms with E-state index < -0.39 is 11.4 Å². The first-order chi connectivity index (χ1) is 8.21. The highest BCUT2D eigenvalue weighted by atomic mass is 32.1. The number of thiophene rings is 1. The van der Waals surface area contributed by atoms with E-state index in [-0.39, 0.29) is 0 Å².